The van der Waals surface area contributed by atoms with E-state index in [2.05, 4.69) is 14.7 Å². The van der Waals surface area contributed by atoms with E-state index in [1.54, 1.807) is 0 Å². The number of alkyl halides is 3. The molecule has 4 nitrogen and oxygen atoms in total. The van der Waals surface area contributed by atoms with Crippen molar-refractivity contribution in [2.75, 3.05) is 7.11 Å². The van der Waals surface area contributed by atoms with Crippen molar-refractivity contribution >= 4 is 5.97 Å². The smallest absolute Gasteiger partial charge is 0.434 e. The Hall–Kier alpha value is -1.66. The van der Waals surface area contributed by atoms with Crippen LogP contribution in [-0.2, 0) is 10.9 Å². The number of carbonyl (C=O) groups is 1. The SMILES string of the molecule is COC(=O)c1cncc(C(F)(F)F)n1. The van der Waals surface area contributed by atoms with Crippen LogP contribution in [0.2, 0.25) is 0 Å². The topological polar surface area (TPSA) is 52.1 Å². The van der Waals surface area contributed by atoms with Crippen molar-refractivity contribution in [3.63, 3.8) is 0 Å². The molecule has 0 N–H and O–H groups in total. The van der Waals surface area contributed by atoms with E-state index in [1.807, 2.05) is 0 Å². The van der Waals surface area contributed by atoms with Crippen molar-refractivity contribution in [1.82, 2.24) is 9.97 Å². The summed E-state index contributed by atoms with van der Waals surface area (Å²) in [5.74, 6) is -0.955. The van der Waals surface area contributed by atoms with Crippen LogP contribution in [0.3, 0.4) is 0 Å². The number of aromatic nitrogens is 2. The summed E-state index contributed by atoms with van der Waals surface area (Å²) in [6.07, 6.45) is -3.18. The van der Waals surface area contributed by atoms with Gasteiger partial charge < -0.3 is 4.74 Å². The van der Waals surface area contributed by atoms with Crippen molar-refractivity contribution in [3.8, 4) is 0 Å². The third-order valence-electron chi connectivity index (χ3n) is 1.32. The summed E-state index contributed by atoms with van der Waals surface area (Å²) in [7, 11) is 1.05. The zero-order valence-corrected chi connectivity index (χ0v) is 7.00. The van der Waals surface area contributed by atoms with Gasteiger partial charge in [0.25, 0.3) is 0 Å². The zero-order chi connectivity index (χ0) is 10.8. The first-order valence-corrected chi connectivity index (χ1v) is 3.42. The summed E-state index contributed by atoms with van der Waals surface area (Å²) in [4.78, 5) is 17.1. The third-order valence-corrected chi connectivity index (χ3v) is 1.32. The monoisotopic (exact) mass is 206 g/mol. The first-order valence-electron chi connectivity index (χ1n) is 3.42. The van der Waals surface area contributed by atoms with Gasteiger partial charge in [0.15, 0.2) is 11.4 Å². The molecule has 0 saturated carbocycles. The van der Waals surface area contributed by atoms with E-state index in [0.717, 1.165) is 13.3 Å². The second kappa shape index (κ2) is 3.60. The minimum Gasteiger partial charge on any atom is -0.464 e. The molecule has 0 atom stereocenters. The van der Waals surface area contributed by atoms with Crippen LogP contribution in [-0.4, -0.2) is 23.0 Å². The average Bonchev–Trinajstić information content (AvgIpc) is 2.15. The molecule has 1 heterocycles. The number of ether oxygens (including phenoxy) is 1. The van der Waals surface area contributed by atoms with E-state index in [-0.39, 0.29) is 0 Å². The van der Waals surface area contributed by atoms with Gasteiger partial charge in [-0.2, -0.15) is 13.2 Å². The van der Waals surface area contributed by atoms with E-state index in [0.29, 0.717) is 6.20 Å². The summed E-state index contributed by atoms with van der Waals surface area (Å²) in [6, 6.07) is 0. The minimum absolute atomic E-state index is 0.470. The molecule has 0 aromatic carbocycles. The Morgan fingerprint density at radius 2 is 2.07 bits per heavy atom. The molecule has 0 spiro atoms. The minimum atomic E-state index is -4.61. The molecule has 0 radical (unpaired) electrons. The molecule has 0 amide bonds. The van der Waals surface area contributed by atoms with Crippen molar-refractivity contribution in [2.45, 2.75) is 6.18 Å². The van der Waals surface area contributed by atoms with Crippen LogP contribution in [0.15, 0.2) is 12.4 Å². The molecule has 0 unspecified atom stereocenters. The molecule has 7 heteroatoms. The molecule has 76 valence electrons. The lowest BCUT2D eigenvalue weighted by Crippen LogP contribution is -2.13. The summed E-state index contributed by atoms with van der Waals surface area (Å²) in [5, 5.41) is 0. The molecule has 0 saturated heterocycles. The van der Waals surface area contributed by atoms with Gasteiger partial charge in [0.1, 0.15) is 0 Å². The first-order chi connectivity index (χ1) is 6.45. The number of esters is 1. The van der Waals surface area contributed by atoms with Crippen molar-refractivity contribution in [2.24, 2.45) is 0 Å². The lowest BCUT2D eigenvalue weighted by Gasteiger charge is -2.05. The summed E-state index contributed by atoms with van der Waals surface area (Å²) in [5.41, 5.74) is -1.69. The Kier molecular flexibility index (Phi) is 2.68. The van der Waals surface area contributed by atoms with Gasteiger partial charge >= 0.3 is 12.1 Å². The molecule has 0 bridgehead atoms. The van der Waals surface area contributed by atoms with Crippen LogP contribution < -0.4 is 0 Å². The number of carbonyl (C=O) groups excluding carboxylic acids is 1. The van der Waals surface area contributed by atoms with Crippen LogP contribution in [0.5, 0.6) is 0 Å². The molecule has 0 aliphatic rings. The number of rotatable bonds is 1. The van der Waals surface area contributed by atoms with Gasteiger partial charge in [-0.3, -0.25) is 4.98 Å². The van der Waals surface area contributed by atoms with E-state index in [9.17, 15) is 18.0 Å². The fourth-order valence-corrected chi connectivity index (χ4v) is 0.705. The summed E-state index contributed by atoms with van der Waals surface area (Å²) >= 11 is 0. The van der Waals surface area contributed by atoms with Crippen molar-refractivity contribution in [3.05, 3.63) is 23.8 Å². The molecule has 0 fully saturated rings. The highest BCUT2D eigenvalue weighted by molar-refractivity contribution is 5.86. The average molecular weight is 206 g/mol. The van der Waals surface area contributed by atoms with Crippen molar-refractivity contribution < 1.29 is 22.7 Å². The third kappa shape index (κ3) is 2.18. The fraction of sp³-hybridized carbons (Fsp3) is 0.286. The Bertz CT molecular complexity index is 351. The maximum absolute atomic E-state index is 12.1. The fourth-order valence-electron chi connectivity index (χ4n) is 0.705. The highest BCUT2D eigenvalue weighted by Gasteiger charge is 2.33. The van der Waals surface area contributed by atoms with Gasteiger partial charge in [0, 0.05) is 0 Å². The van der Waals surface area contributed by atoms with Crippen LogP contribution in [0.4, 0.5) is 13.2 Å². The molecular weight excluding hydrogens is 201 g/mol. The number of hydrogen-bond acceptors (Lipinski definition) is 4. The van der Waals surface area contributed by atoms with Crippen LogP contribution in [0.25, 0.3) is 0 Å². The second-order valence-electron chi connectivity index (χ2n) is 2.28. The summed E-state index contributed by atoms with van der Waals surface area (Å²) in [6.45, 7) is 0. The zero-order valence-electron chi connectivity index (χ0n) is 7.00. The van der Waals surface area contributed by atoms with E-state index >= 15 is 0 Å². The lowest BCUT2D eigenvalue weighted by atomic mass is 10.4. The number of hydrogen-bond donors (Lipinski definition) is 0. The second-order valence-corrected chi connectivity index (χ2v) is 2.28. The Morgan fingerprint density at radius 1 is 1.43 bits per heavy atom. The standard InChI is InChI=1S/C7H5F3N2O2/c1-14-6(13)4-2-11-3-5(12-4)7(8,9)10/h2-3H,1H3. The number of nitrogens with zero attached hydrogens (tertiary/aromatic N) is 2. The Balaban J connectivity index is 3.08. The van der Waals surface area contributed by atoms with Gasteiger partial charge in [-0.1, -0.05) is 0 Å². The predicted molar refractivity (Wildman–Crippen MR) is 38.4 cm³/mol. The molecule has 1 rings (SSSR count). The van der Waals surface area contributed by atoms with Gasteiger partial charge in [0.2, 0.25) is 0 Å². The van der Waals surface area contributed by atoms with Gasteiger partial charge in [0.05, 0.1) is 19.5 Å². The normalized spacial score (nSPS) is 11.1. The van der Waals surface area contributed by atoms with Gasteiger partial charge in [-0.15, -0.1) is 0 Å². The van der Waals surface area contributed by atoms with E-state index in [4.69, 9.17) is 0 Å². The van der Waals surface area contributed by atoms with Crippen LogP contribution in [0.1, 0.15) is 16.2 Å². The molecule has 0 aliphatic carbocycles. The van der Waals surface area contributed by atoms with E-state index in [1.165, 1.54) is 0 Å². The number of methoxy groups -OCH3 is 1. The van der Waals surface area contributed by atoms with Crippen LogP contribution >= 0.6 is 0 Å². The Labute approximate surface area is 76.7 Å². The lowest BCUT2D eigenvalue weighted by molar-refractivity contribution is -0.141. The largest absolute Gasteiger partial charge is 0.464 e. The highest BCUT2D eigenvalue weighted by atomic mass is 19.4. The Morgan fingerprint density at radius 3 is 2.57 bits per heavy atom. The van der Waals surface area contributed by atoms with Crippen LogP contribution in [0, 0.1) is 0 Å². The van der Waals surface area contributed by atoms with Crippen molar-refractivity contribution in [1.29, 1.82) is 0 Å². The predicted octanol–water partition coefficient (Wildman–Crippen LogP) is 1.28. The first kappa shape index (κ1) is 10.4. The quantitative estimate of drug-likeness (QED) is 0.649. The maximum atomic E-state index is 12.1. The van der Waals surface area contributed by atoms with Gasteiger partial charge in [-0.05, 0) is 0 Å². The molecule has 0 aliphatic heterocycles. The molecule has 1 aromatic heterocycles. The maximum Gasteiger partial charge on any atom is 0.434 e. The molecular formula is C7H5F3N2O2. The van der Waals surface area contributed by atoms with E-state index < -0.39 is 23.5 Å². The highest BCUT2D eigenvalue weighted by Crippen LogP contribution is 2.26. The molecule has 1 aromatic rings. The number of halogens is 3. The summed E-state index contributed by atoms with van der Waals surface area (Å²) < 4.78 is 40.4. The molecule has 14 heavy (non-hydrogen) atoms. The van der Waals surface area contributed by atoms with Gasteiger partial charge in [-0.25, -0.2) is 9.78 Å².